The van der Waals surface area contributed by atoms with E-state index < -0.39 is 0 Å². The Morgan fingerprint density at radius 2 is 1.92 bits per heavy atom. The van der Waals surface area contributed by atoms with Crippen LogP contribution in [0.4, 0.5) is 0 Å². The van der Waals surface area contributed by atoms with Gasteiger partial charge < -0.3 is 14.2 Å². The standard InChI is InChI=1S/C17H16N2O4S2/c1-21-12-2-4-13(5-3-12)22-7-8-23-15(20)10-25-17-14-6-9-24-16(14)18-11-19-17/h2-6,9,11H,7-8,10H2,1H3. The third-order valence-corrected chi connectivity index (χ3v) is 5.03. The number of methoxy groups -OCH3 is 1. The topological polar surface area (TPSA) is 70.5 Å². The van der Waals surface area contributed by atoms with Crippen molar-refractivity contribution in [1.29, 1.82) is 0 Å². The molecule has 0 aliphatic rings. The van der Waals surface area contributed by atoms with E-state index in [1.807, 2.05) is 23.6 Å². The third kappa shape index (κ3) is 4.83. The zero-order valence-electron chi connectivity index (χ0n) is 13.5. The molecule has 0 saturated heterocycles. The van der Waals surface area contributed by atoms with Crippen LogP contribution in [0.1, 0.15) is 0 Å². The molecule has 8 heteroatoms. The van der Waals surface area contributed by atoms with E-state index in [0.717, 1.165) is 21.0 Å². The molecule has 2 aromatic heterocycles. The first-order chi connectivity index (χ1) is 12.3. The fourth-order valence-corrected chi connectivity index (χ4v) is 3.62. The van der Waals surface area contributed by atoms with Crippen molar-refractivity contribution in [1.82, 2.24) is 9.97 Å². The number of aromatic nitrogens is 2. The minimum atomic E-state index is -0.301. The highest BCUT2D eigenvalue weighted by molar-refractivity contribution is 8.00. The Morgan fingerprint density at radius 1 is 1.12 bits per heavy atom. The van der Waals surface area contributed by atoms with Gasteiger partial charge in [0.05, 0.1) is 12.9 Å². The zero-order valence-corrected chi connectivity index (χ0v) is 15.1. The van der Waals surface area contributed by atoms with E-state index in [1.165, 1.54) is 18.1 Å². The second kappa shape index (κ2) is 8.68. The molecule has 1 aromatic carbocycles. The number of thiophene rings is 1. The monoisotopic (exact) mass is 376 g/mol. The van der Waals surface area contributed by atoms with Crippen molar-refractivity contribution < 1.29 is 19.0 Å². The summed E-state index contributed by atoms with van der Waals surface area (Å²) >= 11 is 2.90. The molecule has 6 nitrogen and oxygen atoms in total. The van der Waals surface area contributed by atoms with Crippen LogP contribution in [-0.2, 0) is 9.53 Å². The number of fused-ring (bicyclic) bond motifs is 1. The number of ether oxygens (including phenoxy) is 3. The second-order valence-corrected chi connectivity index (χ2v) is 6.71. The molecule has 130 valence electrons. The predicted molar refractivity (Wildman–Crippen MR) is 97.6 cm³/mol. The molecular weight excluding hydrogens is 360 g/mol. The van der Waals surface area contributed by atoms with Gasteiger partial charge in [-0.05, 0) is 35.7 Å². The first-order valence-electron chi connectivity index (χ1n) is 7.50. The van der Waals surface area contributed by atoms with Crippen molar-refractivity contribution in [3.63, 3.8) is 0 Å². The minimum absolute atomic E-state index is 0.197. The molecule has 0 spiro atoms. The van der Waals surface area contributed by atoms with E-state index in [9.17, 15) is 4.79 Å². The molecular formula is C17H16N2O4S2. The molecule has 2 heterocycles. The number of thioether (sulfide) groups is 1. The van der Waals surface area contributed by atoms with Gasteiger partial charge in [-0.25, -0.2) is 9.97 Å². The van der Waals surface area contributed by atoms with Crippen molar-refractivity contribution in [2.24, 2.45) is 0 Å². The summed E-state index contributed by atoms with van der Waals surface area (Å²) in [6.45, 7) is 0.494. The number of rotatable bonds is 8. The van der Waals surface area contributed by atoms with Gasteiger partial charge in [0, 0.05) is 5.39 Å². The minimum Gasteiger partial charge on any atom is -0.497 e. The van der Waals surface area contributed by atoms with Crippen LogP contribution in [0.5, 0.6) is 11.5 Å². The normalized spacial score (nSPS) is 10.6. The average Bonchev–Trinajstić information content (AvgIpc) is 3.13. The largest absolute Gasteiger partial charge is 0.497 e. The van der Waals surface area contributed by atoms with Gasteiger partial charge in [-0.2, -0.15) is 0 Å². The summed E-state index contributed by atoms with van der Waals surface area (Å²) < 4.78 is 15.8. The van der Waals surface area contributed by atoms with Gasteiger partial charge >= 0.3 is 5.97 Å². The van der Waals surface area contributed by atoms with E-state index in [4.69, 9.17) is 14.2 Å². The predicted octanol–water partition coefficient (Wildman–Crippen LogP) is 3.41. The van der Waals surface area contributed by atoms with Crippen LogP contribution in [0.15, 0.2) is 47.1 Å². The molecule has 0 amide bonds. The lowest BCUT2D eigenvalue weighted by Gasteiger charge is -2.08. The number of hydrogen-bond donors (Lipinski definition) is 0. The van der Waals surface area contributed by atoms with Gasteiger partial charge in [-0.3, -0.25) is 4.79 Å². The van der Waals surface area contributed by atoms with Crippen molar-refractivity contribution in [3.8, 4) is 11.5 Å². The van der Waals surface area contributed by atoms with Gasteiger partial charge in [-0.15, -0.1) is 11.3 Å². The van der Waals surface area contributed by atoms with Crippen LogP contribution in [0.25, 0.3) is 10.2 Å². The molecule has 0 N–H and O–H groups in total. The summed E-state index contributed by atoms with van der Waals surface area (Å²) in [4.78, 5) is 21.1. The van der Waals surface area contributed by atoms with Gasteiger partial charge in [0.1, 0.15) is 40.9 Å². The van der Waals surface area contributed by atoms with E-state index in [0.29, 0.717) is 12.4 Å². The number of benzene rings is 1. The molecule has 0 atom stereocenters. The summed E-state index contributed by atoms with van der Waals surface area (Å²) in [6.07, 6.45) is 1.51. The van der Waals surface area contributed by atoms with Gasteiger partial charge in [0.25, 0.3) is 0 Å². The summed E-state index contributed by atoms with van der Waals surface area (Å²) in [5.74, 6) is 1.36. The SMILES string of the molecule is COc1ccc(OCCOC(=O)CSc2ncnc3sccc23)cc1. The Hall–Kier alpha value is -2.32. The smallest absolute Gasteiger partial charge is 0.316 e. The molecule has 0 fully saturated rings. The number of carbonyl (C=O) groups excluding carboxylic acids is 1. The first-order valence-corrected chi connectivity index (χ1v) is 9.36. The Bertz CT molecular complexity index is 836. The first kappa shape index (κ1) is 17.5. The van der Waals surface area contributed by atoms with Crippen molar-refractivity contribution in [2.75, 3.05) is 26.1 Å². The molecule has 25 heavy (non-hydrogen) atoms. The number of carbonyl (C=O) groups is 1. The fraction of sp³-hybridized carbons (Fsp3) is 0.235. The van der Waals surface area contributed by atoms with Gasteiger partial charge in [0.15, 0.2) is 0 Å². The maximum Gasteiger partial charge on any atom is 0.316 e. The lowest BCUT2D eigenvalue weighted by molar-refractivity contribution is -0.141. The van der Waals surface area contributed by atoms with Crippen LogP contribution in [0.3, 0.4) is 0 Å². The summed E-state index contributed by atoms with van der Waals surface area (Å²) in [6, 6.07) is 9.18. The highest BCUT2D eigenvalue weighted by Gasteiger charge is 2.09. The maximum absolute atomic E-state index is 11.8. The molecule has 3 rings (SSSR count). The van der Waals surface area contributed by atoms with Gasteiger partial charge in [-0.1, -0.05) is 11.8 Å². The van der Waals surface area contributed by atoms with Gasteiger partial charge in [0.2, 0.25) is 0 Å². The average molecular weight is 376 g/mol. The fourth-order valence-electron chi connectivity index (χ4n) is 2.04. The molecule has 3 aromatic rings. The zero-order chi connectivity index (χ0) is 17.5. The van der Waals surface area contributed by atoms with Crippen LogP contribution in [-0.4, -0.2) is 42.0 Å². The lowest BCUT2D eigenvalue weighted by Crippen LogP contribution is -2.13. The van der Waals surface area contributed by atoms with Crippen LogP contribution in [0.2, 0.25) is 0 Å². The van der Waals surface area contributed by atoms with E-state index >= 15 is 0 Å². The van der Waals surface area contributed by atoms with Crippen molar-refractivity contribution in [2.45, 2.75) is 5.03 Å². The number of esters is 1. The number of hydrogen-bond acceptors (Lipinski definition) is 8. The van der Waals surface area contributed by atoms with E-state index in [1.54, 1.807) is 30.6 Å². The Kier molecular flexibility index (Phi) is 6.08. The molecule has 0 aliphatic heterocycles. The van der Waals surface area contributed by atoms with Crippen molar-refractivity contribution >= 4 is 39.3 Å². The number of nitrogens with zero attached hydrogens (tertiary/aromatic N) is 2. The van der Waals surface area contributed by atoms with Crippen molar-refractivity contribution in [3.05, 3.63) is 42.0 Å². The second-order valence-electron chi connectivity index (χ2n) is 4.85. The highest BCUT2D eigenvalue weighted by atomic mass is 32.2. The molecule has 0 saturated carbocycles. The van der Waals surface area contributed by atoms with E-state index in [-0.39, 0.29) is 18.3 Å². The molecule has 0 radical (unpaired) electrons. The Morgan fingerprint density at radius 3 is 2.72 bits per heavy atom. The van der Waals surface area contributed by atoms with E-state index in [2.05, 4.69) is 9.97 Å². The summed E-state index contributed by atoms with van der Waals surface area (Å²) in [7, 11) is 1.61. The third-order valence-electron chi connectivity index (χ3n) is 3.23. The Labute approximate surface area is 153 Å². The highest BCUT2D eigenvalue weighted by Crippen LogP contribution is 2.27. The van der Waals surface area contributed by atoms with Crippen LogP contribution in [0, 0.1) is 0 Å². The van der Waals surface area contributed by atoms with Crippen LogP contribution < -0.4 is 9.47 Å². The Balaban J connectivity index is 1.38. The maximum atomic E-state index is 11.8. The van der Waals surface area contributed by atoms with Crippen LogP contribution >= 0.6 is 23.1 Å². The lowest BCUT2D eigenvalue weighted by atomic mass is 10.3. The molecule has 0 unspecified atom stereocenters. The summed E-state index contributed by atoms with van der Waals surface area (Å²) in [5, 5.41) is 3.71. The molecule has 0 bridgehead atoms. The molecule has 0 aliphatic carbocycles. The summed E-state index contributed by atoms with van der Waals surface area (Å²) in [5.41, 5.74) is 0. The quantitative estimate of drug-likeness (QED) is 0.258.